The van der Waals surface area contributed by atoms with Crippen LogP contribution in [0, 0.1) is 5.41 Å². The maximum Gasteiger partial charge on any atom is 0.490 e. The third-order valence-corrected chi connectivity index (χ3v) is 5.27. The third kappa shape index (κ3) is 6.10. The van der Waals surface area contributed by atoms with Gasteiger partial charge in [0, 0.05) is 22.9 Å². The highest BCUT2D eigenvalue weighted by Crippen LogP contribution is 2.32. The molecule has 1 aliphatic heterocycles. The van der Waals surface area contributed by atoms with E-state index in [-0.39, 0.29) is 17.8 Å². The first kappa shape index (κ1) is 24.7. The Morgan fingerprint density at radius 2 is 1.74 bits per heavy atom. The Morgan fingerprint density at radius 1 is 1.06 bits per heavy atom. The lowest BCUT2D eigenvalue weighted by Gasteiger charge is -2.17. The summed E-state index contributed by atoms with van der Waals surface area (Å²) in [5.74, 6) is -2.83. The number of aliphatic carboxylic acids is 1. The zero-order chi connectivity index (χ0) is 24.9. The van der Waals surface area contributed by atoms with E-state index in [2.05, 4.69) is 10.6 Å². The number of para-hydroxylation sites is 1. The fourth-order valence-corrected chi connectivity index (χ4v) is 3.65. The molecule has 1 amide bonds. The van der Waals surface area contributed by atoms with Gasteiger partial charge in [0.15, 0.2) is 0 Å². The van der Waals surface area contributed by atoms with Gasteiger partial charge in [-0.25, -0.2) is 4.79 Å². The lowest BCUT2D eigenvalue weighted by atomic mass is 9.93. The Balaban J connectivity index is 0.000000406. The number of amidine groups is 1. The molecule has 0 saturated carbocycles. The van der Waals surface area contributed by atoms with Crippen LogP contribution >= 0.6 is 0 Å². The van der Waals surface area contributed by atoms with Crippen molar-refractivity contribution in [3.8, 4) is 0 Å². The van der Waals surface area contributed by atoms with Crippen LogP contribution in [-0.4, -0.2) is 35.5 Å². The monoisotopic (exact) mass is 472 g/mol. The molecule has 1 saturated heterocycles. The SMILES string of the molecule is N=C(N)c1ccc2cc(C(=O)Nc3ccccc3)cc(C3CCCN3)c2c1.O=C(O)C(F)(F)F. The summed E-state index contributed by atoms with van der Waals surface area (Å²) in [5, 5.41) is 23.3. The van der Waals surface area contributed by atoms with Crippen LogP contribution in [-0.2, 0) is 4.79 Å². The van der Waals surface area contributed by atoms with Crippen molar-refractivity contribution in [1.82, 2.24) is 5.32 Å². The van der Waals surface area contributed by atoms with Crippen molar-refractivity contribution < 1.29 is 27.9 Å². The normalized spacial score (nSPS) is 15.3. The first-order chi connectivity index (χ1) is 16.1. The van der Waals surface area contributed by atoms with E-state index in [1.807, 2.05) is 60.7 Å². The number of anilines is 1. The van der Waals surface area contributed by atoms with Gasteiger partial charge in [0.25, 0.3) is 5.91 Å². The van der Waals surface area contributed by atoms with Crippen LogP contribution < -0.4 is 16.4 Å². The molecule has 34 heavy (non-hydrogen) atoms. The maximum atomic E-state index is 12.8. The molecule has 0 aromatic heterocycles. The number of fused-ring (bicyclic) bond motifs is 1. The number of hydrogen-bond acceptors (Lipinski definition) is 4. The lowest BCUT2D eigenvalue weighted by molar-refractivity contribution is -0.192. The Morgan fingerprint density at radius 3 is 2.29 bits per heavy atom. The second-order valence-electron chi connectivity index (χ2n) is 7.69. The molecule has 0 radical (unpaired) electrons. The van der Waals surface area contributed by atoms with Crippen molar-refractivity contribution in [2.45, 2.75) is 25.1 Å². The number of nitrogens with two attached hydrogens (primary N) is 1. The second kappa shape index (κ2) is 10.3. The van der Waals surface area contributed by atoms with E-state index in [0.717, 1.165) is 41.4 Å². The van der Waals surface area contributed by atoms with Crippen LogP contribution in [0.25, 0.3) is 10.8 Å². The molecule has 3 aromatic rings. The fourth-order valence-electron chi connectivity index (χ4n) is 3.65. The molecule has 1 fully saturated rings. The summed E-state index contributed by atoms with van der Waals surface area (Å²) >= 11 is 0. The standard InChI is InChI=1S/C22H22N4O.C2HF3O2/c23-21(24)15-9-8-14-11-16(22(27)26-17-5-2-1-3-6-17)13-19(18(14)12-15)20-7-4-10-25-20;3-2(4,5)1(6)7/h1-3,5-6,8-9,11-13,20,25H,4,7,10H2,(H3,23,24)(H,26,27);(H,6,7). The molecule has 1 aliphatic rings. The molecule has 178 valence electrons. The number of carbonyl (C=O) groups is 2. The highest BCUT2D eigenvalue weighted by atomic mass is 19.4. The third-order valence-electron chi connectivity index (χ3n) is 5.27. The summed E-state index contributed by atoms with van der Waals surface area (Å²) in [6.07, 6.45) is -2.94. The van der Waals surface area contributed by atoms with Crippen molar-refractivity contribution >= 4 is 34.2 Å². The van der Waals surface area contributed by atoms with Crippen molar-refractivity contribution in [2.75, 3.05) is 11.9 Å². The summed E-state index contributed by atoms with van der Waals surface area (Å²) in [6.45, 7) is 0.971. The van der Waals surface area contributed by atoms with Gasteiger partial charge in [-0.15, -0.1) is 0 Å². The highest BCUT2D eigenvalue weighted by Gasteiger charge is 2.38. The summed E-state index contributed by atoms with van der Waals surface area (Å²) in [5.41, 5.74) is 8.87. The van der Waals surface area contributed by atoms with Crippen molar-refractivity contribution in [1.29, 1.82) is 5.41 Å². The zero-order valence-corrected chi connectivity index (χ0v) is 17.9. The number of carboxylic acid groups (broad SMARTS) is 1. The molecule has 0 aliphatic carbocycles. The lowest BCUT2D eigenvalue weighted by Crippen LogP contribution is -2.21. The highest BCUT2D eigenvalue weighted by molar-refractivity contribution is 6.08. The minimum Gasteiger partial charge on any atom is -0.475 e. The molecule has 6 N–H and O–H groups in total. The van der Waals surface area contributed by atoms with Crippen molar-refractivity contribution in [2.24, 2.45) is 5.73 Å². The van der Waals surface area contributed by atoms with Gasteiger partial charge < -0.3 is 21.5 Å². The predicted octanol–water partition coefficient (Wildman–Crippen LogP) is 4.43. The topological polar surface area (TPSA) is 128 Å². The number of halogens is 3. The van der Waals surface area contributed by atoms with Gasteiger partial charge in [-0.1, -0.05) is 30.3 Å². The van der Waals surface area contributed by atoms with Gasteiger partial charge in [0.05, 0.1) is 0 Å². The summed E-state index contributed by atoms with van der Waals surface area (Å²) in [4.78, 5) is 21.7. The Kier molecular flexibility index (Phi) is 7.52. The average molecular weight is 472 g/mol. The summed E-state index contributed by atoms with van der Waals surface area (Å²) in [7, 11) is 0. The van der Waals surface area contributed by atoms with Crippen molar-refractivity contribution in [3.05, 3.63) is 77.4 Å². The smallest absolute Gasteiger partial charge is 0.475 e. The molecule has 0 bridgehead atoms. The minimum atomic E-state index is -5.08. The second-order valence-corrected chi connectivity index (χ2v) is 7.69. The molecule has 7 nitrogen and oxygen atoms in total. The molecular weight excluding hydrogens is 449 g/mol. The Labute approximate surface area is 193 Å². The van der Waals surface area contributed by atoms with E-state index in [1.54, 1.807) is 0 Å². The van der Waals surface area contributed by atoms with Gasteiger partial charge in [0.2, 0.25) is 0 Å². The van der Waals surface area contributed by atoms with Gasteiger partial charge >= 0.3 is 12.1 Å². The van der Waals surface area contributed by atoms with E-state index in [4.69, 9.17) is 21.0 Å². The van der Waals surface area contributed by atoms with Crippen LogP contribution in [0.4, 0.5) is 18.9 Å². The van der Waals surface area contributed by atoms with E-state index in [0.29, 0.717) is 11.1 Å². The number of benzene rings is 3. The molecule has 1 unspecified atom stereocenters. The Bertz CT molecular complexity index is 1210. The minimum absolute atomic E-state index is 0.0492. The first-order valence-electron chi connectivity index (χ1n) is 10.4. The number of carbonyl (C=O) groups excluding carboxylic acids is 1. The van der Waals surface area contributed by atoms with Gasteiger partial charge in [-0.05, 0) is 66.1 Å². The zero-order valence-electron chi connectivity index (χ0n) is 17.9. The van der Waals surface area contributed by atoms with Gasteiger partial charge in [0.1, 0.15) is 5.84 Å². The van der Waals surface area contributed by atoms with E-state index >= 15 is 0 Å². The quantitative estimate of drug-likeness (QED) is 0.283. The van der Waals surface area contributed by atoms with Crippen LogP contribution in [0.3, 0.4) is 0 Å². The summed E-state index contributed by atoms with van der Waals surface area (Å²) < 4.78 is 31.7. The van der Waals surface area contributed by atoms with Gasteiger partial charge in [-0.2, -0.15) is 13.2 Å². The van der Waals surface area contributed by atoms with E-state index in [9.17, 15) is 18.0 Å². The van der Waals surface area contributed by atoms with Crippen LogP contribution in [0.15, 0.2) is 60.7 Å². The Hall–Kier alpha value is -3.92. The molecule has 3 aromatic carbocycles. The van der Waals surface area contributed by atoms with Crippen LogP contribution in [0.2, 0.25) is 0 Å². The molecule has 10 heteroatoms. The maximum absolute atomic E-state index is 12.8. The molecule has 4 rings (SSSR count). The van der Waals surface area contributed by atoms with E-state index < -0.39 is 12.1 Å². The molecular formula is C24H23F3N4O3. The number of nitrogen functional groups attached to an aromatic ring is 1. The molecule has 1 atom stereocenters. The molecule has 1 heterocycles. The number of hydrogen-bond donors (Lipinski definition) is 5. The van der Waals surface area contributed by atoms with Crippen LogP contribution in [0.5, 0.6) is 0 Å². The predicted molar refractivity (Wildman–Crippen MR) is 123 cm³/mol. The number of nitrogens with one attached hydrogen (secondary N) is 3. The number of carboxylic acids is 1. The number of rotatable bonds is 4. The number of alkyl halides is 3. The average Bonchev–Trinajstić information content (AvgIpc) is 3.33. The first-order valence-corrected chi connectivity index (χ1v) is 10.4. The van der Waals surface area contributed by atoms with E-state index in [1.165, 1.54) is 0 Å². The summed E-state index contributed by atoms with van der Waals surface area (Å²) in [6, 6.07) is 19.2. The van der Waals surface area contributed by atoms with Gasteiger partial charge in [-0.3, -0.25) is 10.2 Å². The largest absolute Gasteiger partial charge is 0.490 e. The van der Waals surface area contributed by atoms with Crippen LogP contribution in [0.1, 0.15) is 40.4 Å². The number of amides is 1. The molecule has 0 spiro atoms. The van der Waals surface area contributed by atoms with Crippen molar-refractivity contribution in [3.63, 3.8) is 0 Å². The fraction of sp³-hybridized carbons (Fsp3) is 0.208.